The average molecular weight is 267 g/mol. The summed E-state index contributed by atoms with van der Waals surface area (Å²) in [7, 11) is 0. The maximum absolute atomic E-state index is 12.9. The van der Waals surface area contributed by atoms with Crippen LogP contribution in [-0.4, -0.2) is 24.3 Å². The molecule has 1 aromatic carbocycles. The highest BCUT2D eigenvalue weighted by molar-refractivity contribution is 5.57. The van der Waals surface area contributed by atoms with E-state index in [0.717, 1.165) is 6.07 Å². The number of likely N-dealkylation sites (tertiary alicyclic amines) is 1. The number of hydrogen-bond acceptors (Lipinski definition) is 2. The van der Waals surface area contributed by atoms with E-state index in [1.165, 1.54) is 18.5 Å². The van der Waals surface area contributed by atoms with Crippen LogP contribution in [0.15, 0.2) is 29.3 Å². The normalized spacial score (nSPS) is 19.9. The molecule has 1 aliphatic heterocycles. The fourth-order valence-corrected chi connectivity index (χ4v) is 2.36. The molecule has 0 spiro atoms. The Bertz CT molecular complexity index is 517. The second-order valence-corrected chi connectivity index (χ2v) is 4.41. The first-order valence-corrected chi connectivity index (χ1v) is 5.85. The van der Waals surface area contributed by atoms with Crippen LogP contribution in [0.4, 0.5) is 13.2 Å². The Morgan fingerprint density at radius 1 is 1.37 bits per heavy atom. The van der Waals surface area contributed by atoms with E-state index >= 15 is 0 Å². The van der Waals surface area contributed by atoms with Crippen LogP contribution in [0.1, 0.15) is 23.5 Å². The summed E-state index contributed by atoms with van der Waals surface area (Å²) in [5, 5.41) is 8.34. The molecule has 0 aliphatic carbocycles. The van der Waals surface area contributed by atoms with E-state index < -0.39 is 11.7 Å². The van der Waals surface area contributed by atoms with Crippen LogP contribution >= 0.6 is 0 Å². The van der Waals surface area contributed by atoms with E-state index in [4.69, 9.17) is 5.26 Å². The Hall–Kier alpha value is -2.03. The molecule has 100 valence electrons. The van der Waals surface area contributed by atoms with Gasteiger partial charge >= 0.3 is 6.18 Å². The highest BCUT2D eigenvalue weighted by Crippen LogP contribution is 2.37. The number of benzene rings is 1. The molecule has 1 fully saturated rings. The van der Waals surface area contributed by atoms with Crippen LogP contribution in [0.2, 0.25) is 0 Å². The molecule has 2 rings (SSSR count). The molecule has 1 unspecified atom stereocenters. The molecule has 1 aromatic rings. The van der Waals surface area contributed by atoms with Gasteiger partial charge in [0.2, 0.25) is 6.19 Å². The fourth-order valence-electron chi connectivity index (χ4n) is 2.36. The van der Waals surface area contributed by atoms with Gasteiger partial charge in [0.25, 0.3) is 0 Å². The largest absolute Gasteiger partial charge is 0.416 e. The molecule has 19 heavy (non-hydrogen) atoms. The zero-order chi connectivity index (χ0) is 13.9. The lowest BCUT2D eigenvalue weighted by atomic mass is 9.93. The Labute approximate surface area is 109 Å². The number of nitrogens with zero attached hydrogens (tertiary/aromatic N) is 3. The maximum Gasteiger partial charge on any atom is 0.416 e. The summed E-state index contributed by atoms with van der Waals surface area (Å²) in [6.45, 7) is 1.07. The second-order valence-electron chi connectivity index (χ2n) is 4.41. The van der Waals surface area contributed by atoms with Crippen molar-refractivity contribution in [1.82, 2.24) is 4.90 Å². The number of rotatable bonds is 2. The third kappa shape index (κ3) is 3.05. The van der Waals surface area contributed by atoms with Gasteiger partial charge in [0.1, 0.15) is 6.34 Å². The lowest BCUT2D eigenvalue weighted by Gasteiger charge is -2.17. The van der Waals surface area contributed by atoms with Crippen molar-refractivity contribution < 1.29 is 13.2 Å². The van der Waals surface area contributed by atoms with Crippen molar-refractivity contribution in [3.8, 4) is 6.19 Å². The zero-order valence-electron chi connectivity index (χ0n) is 10.1. The van der Waals surface area contributed by atoms with E-state index in [-0.39, 0.29) is 5.92 Å². The van der Waals surface area contributed by atoms with Crippen molar-refractivity contribution >= 4 is 6.34 Å². The SMILES string of the molecule is N#CN=CN1CCC(c2ccccc2C(F)(F)F)C1. The summed E-state index contributed by atoms with van der Waals surface area (Å²) in [6.07, 6.45) is -0.681. The molecule has 0 bridgehead atoms. The predicted octanol–water partition coefficient (Wildman–Crippen LogP) is 3.00. The van der Waals surface area contributed by atoms with Gasteiger partial charge in [-0.1, -0.05) is 18.2 Å². The van der Waals surface area contributed by atoms with Gasteiger partial charge in [0, 0.05) is 19.0 Å². The van der Waals surface area contributed by atoms with Crippen LogP contribution in [0.5, 0.6) is 0 Å². The molecule has 1 saturated heterocycles. The Balaban J connectivity index is 2.21. The standard InChI is InChI=1S/C13H12F3N3/c14-13(15,16)12-4-2-1-3-11(12)10-5-6-19(7-10)9-18-8-17/h1-4,9-10H,5-7H2. The topological polar surface area (TPSA) is 39.4 Å². The summed E-state index contributed by atoms with van der Waals surface area (Å²) >= 11 is 0. The van der Waals surface area contributed by atoms with Gasteiger partial charge in [-0.15, -0.1) is 0 Å². The van der Waals surface area contributed by atoms with Crippen molar-refractivity contribution in [2.75, 3.05) is 13.1 Å². The van der Waals surface area contributed by atoms with Gasteiger partial charge in [-0.05, 0) is 18.1 Å². The Kier molecular flexibility index (Phi) is 3.74. The number of nitriles is 1. The molecule has 0 N–H and O–H groups in total. The molecule has 1 heterocycles. The third-order valence-corrected chi connectivity index (χ3v) is 3.20. The quantitative estimate of drug-likeness (QED) is 0.469. The Morgan fingerprint density at radius 2 is 2.11 bits per heavy atom. The Morgan fingerprint density at radius 3 is 2.79 bits per heavy atom. The van der Waals surface area contributed by atoms with Crippen molar-refractivity contribution in [3.63, 3.8) is 0 Å². The first kappa shape index (κ1) is 13.4. The van der Waals surface area contributed by atoms with Gasteiger partial charge in [0.05, 0.1) is 5.56 Å². The summed E-state index contributed by atoms with van der Waals surface area (Å²) in [5.41, 5.74) is -0.248. The fraction of sp³-hybridized carbons (Fsp3) is 0.385. The van der Waals surface area contributed by atoms with Crippen molar-refractivity contribution in [2.45, 2.75) is 18.5 Å². The maximum atomic E-state index is 12.9. The predicted molar refractivity (Wildman–Crippen MR) is 64.5 cm³/mol. The summed E-state index contributed by atoms with van der Waals surface area (Å²) in [4.78, 5) is 5.20. The highest BCUT2D eigenvalue weighted by Gasteiger charge is 2.36. The molecule has 6 heteroatoms. The van der Waals surface area contributed by atoms with E-state index in [9.17, 15) is 13.2 Å². The molecular weight excluding hydrogens is 255 g/mol. The molecule has 3 nitrogen and oxygen atoms in total. The van der Waals surface area contributed by atoms with Crippen LogP contribution < -0.4 is 0 Å². The van der Waals surface area contributed by atoms with Gasteiger partial charge in [-0.2, -0.15) is 23.4 Å². The van der Waals surface area contributed by atoms with E-state index in [0.29, 0.717) is 25.1 Å². The molecule has 1 atom stereocenters. The van der Waals surface area contributed by atoms with E-state index in [2.05, 4.69) is 4.99 Å². The second kappa shape index (κ2) is 5.31. The molecular formula is C13H12F3N3. The lowest BCUT2D eigenvalue weighted by Crippen LogP contribution is -2.19. The first-order chi connectivity index (χ1) is 9.02. The first-order valence-electron chi connectivity index (χ1n) is 5.85. The summed E-state index contributed by atoms with van der Waals surface area (Å²) < 4.78 is 38.8. The van der Waals surface area contributed by atoms with Crippen LogP contribution in [0, 0.1) is 11.5 Å². The molecule has 0 radical (unpaired) electrons. The minimum absolute atomic E-state index is 0.178. The molecule has 0 saturated carbocycles. The highest BCUT2D eigenvalue weighted by atomic mass is 19.4. The van der Waals surface area contributed by atoms with Gasteiger partial charge in [0.15, 0.2) is 0 Å². The summed E-state index contributed by atoms with van der Waals surface area (Å²) in [6, 6.07) is 5.66. The third-order valence-electron chi connectivity index (χ3n) is 3.20. The van der Waals surface area contributed by atoms with Crippen molar-refractivity contribution in [1.29, 1.82) is 5.26 Å². The smallest absolute Gasteiger partial charge is 0.361 e. The average Bonchev–Trinajstić information content (AvgIpc) is 2.84. The van der Waals surface area contributed by atoms with Gasteiger partial charge in [-0.3, -0.25) is 0 Å². The van der Waals surface area contributed by atoms with E-state index in [1.54, 1.807) is 17.2 Å². The minimum atomic E-state index is -4.33. The number of hydrogen-bond donors (Lipinski definition) is 0. The lowest BCUT2D eigenvalue weighted by molar-refractivity contribution is -0.138. The van der Waals surface area contributed by atoms with Gasteiger partial charge in [-0.25, -0.2) is 0 Å². The number of halogens is 3. The monoisotopic (exact) mass is 267 g/mol. The molecule has 0 amide bonds. The van der Waals surface area contributed by atoms with Crippen LogP contribution in [0.3, 0.4) is 0 Å². The number of alkyl halides is 3. The zero-order valence-corrected chi connectivity index (χ0v) is 10.1. The van der Waals surface area contributed by atoms with E-state index in [1.807, 2.05) is 0 Å². The van der Waals surface area contributed by atoms with Crippen LogP contribution in [-0.2, 0) is 6.18 Å². The van der Waals surface area contributed by atoms with Crippen molar-refractivity contribution in [3.05, 3.63) is 35.4 Å². The summed E-state index contributed by atoms with van der Waals surface area (Å²) in [5.74, 6) is -0.178. The van der Waals surface area contributed by atoms with Crippen molar-refractivity contribution in [2.24, 2.45) is 4.99 Å². The van der Waals surface area contributed by atoms with Gasteiger partial charge < -0.3 is 4.90 Å². The minimum Gasteiger partial charge on any atom is -0.361 e. The molecule has 1 aliphatic rings. The van der Waals surface area contributed by atoms with Crippen LogP contribution in [0.25, 0.3) is 0 Å². The molecule has 0 aromatic heterocycles. The number of aliphatic imine (C=N–C) groups is 1.